The first-order valence-electron chi connectivity index (χ1n) is 12.2. The van der Waals surface area contributed by atoms with E-state index in [4.69, 9.17) is 9.72 Å². The van der Waals surface area contributed by atoms with Crippen LogP contribution in [0.25, 0.3) is 5.65 Å². The van der Waals surface area contributed by atoms with Gasteiger partial charge in [0.2, 0.25) is 5.91 Å². The van der Waals surface area contributed by atoms with E-state index in [0.717, 1.165) is 54.5 Å². The molecule has 1 atom stereocenters. The number of rotatable bonds is 6. The molecule has 0 aliphatic carbocycles. The van der Waals surface area contributed by atoms with Gasteiger partial charge in [0.1, 0.15) is 11.4 Å². The summed E-state index contributed by atoms with van der Waals surface area (Å²) in [5.74, 6) is 0.989. The highest BCUT2D eigenvalue weighted by Gasteiger charge is 2.28. The Bertz CT molecular complexity index is 1320. The highest BCUT2D eigenvalue weighted by Crippen LogP contribution is 2.32. The zero-order chi connectivity index (χ0) is 24.4. The minimum atomic E-state index is -0.0554. The van der Waals surface area contributed by atoms with Crippen molar-refractivity contribution in [3.05, 3.63) is 95.4 Å². The normalized spacial score (nSPS) is 14.8. The van der Waals surface area contributed by atoms with Crippen molar-refractivity contribution < 1.29 is 9.53 Å². The molecule has 1 saturated heterocycles. The molecule has 1 amide bonds. The number of piperazine rings is 1. The number of aromatic nitrogens is 2. The number of carbonyl (C=O) groups excluding carboxylic acids is 1. The number of nitrogens with zero attached hydrogens (tertiary/aromatic N) is 4. The zero-order valence-corrected chi connectivity index (χ0v) is 20.6. The molecule has 1 unspecified atom stereocenters. The third-order valence-corrected chi connectivity index (χ3v) is 7.13. The first-order chi connectivity index (χ1) is 17.0. The summed E-state index contributed by atoms with van der Waals surface area (Å²) >= 11 is 0. The molecule has 0 saturated carbocycles. The fourth-order valence-electron chi connectivity index (χ4n) is 5.09. The van der Waals surface area contributed by atoms with Crippen LogP contribution in [0.2, 0.25) is 0 Å². The molecule has 4 aromatic rings. The van der Waals surface area contributed by atoms with Gasteiger partial charge in [-0.1, -0.05) is 30.3 Å². The van der Waals surface area contributed by atoms with Crippen LogP contribution in [0.1, 0.15) is 34.7 Å². The second kappa shape index (κ2) is 9.82. The van der Waals surface area contributed by atoms with E-state index in [1.165, 1.54) is 11.1 Å². The Hall–Kier alpha value is -3.80. The number of hydrogen-bond donors (Lipinski definition) is 0. The molecule has 6 heteroatoms. The van der Waals surface area contributed by atoms with Gasteiger partial charge in [0, 0.05) is 56.6 Å². The number of benzene rings is 2. The van der Waals surface area contributed by atoms with E-state index in [-0.39, 0.29) is 11.8 Å². The topological polar surface area (TPSA) is 50.1 Å². The summed E-state index contributed by atoms with van der Waals surface area (Å²) < 4.78 is 7.41. The smallest absolute Gasteiger partial charge is 0.223 e. The third kappa shape index (κ3) is 4.61. The van der Waals surface area contributed by atoms with E-state index in [1.807, 2.05) is 35.5 Å². The monoisotopic (exact) mass is 468 g/mol. The van der Waals surface area contributed by atoms with Gasteiger partial charge in [-0.2, -0.15) is 0 Å². The summed E-state index contributed by atoms with van der Waals surface area (Å²) in [7, 11) is 1.68. The van der Waals surface area contributed by atoms with Crippen LogP contribution in [-0.4, -0.2) is 53.5 Å². The average molecular weight is 469 g/mol. The number of methoxy groups -OCH3 is 1. The summed E-state index contributed by atoms with van der Waals surface area (Å²) in [6.45, 7) is 7.27. The lowest BCUT2D eigenvalue weighted by Crippen LogP contribution is -2.49. The van der Waals surface area contributed by atoms with Crippen molar-refractivity contribution in [2.45, 2.75) is 26.2 Å². The number of anilines is 1. The molecule has 1 aliphatic heterocycles. The van der Waals surface area contributed by atoms with Crippen molar-refractivity contribution >= 4 is 17.2 Å². The molecule has 35 heavy (non-hydrogen) atoms. The van der Waals surface area contributed by atoms with Gasteiger partial charge in [-0.3, -0.25) is 4.79 Å². The molecule has 2 aromatic heterocycles. The van der Waals surface area contributed by atoms with Gasteiger partial charge in [0.05, 0.1) is 12.8 Å². The van der Waals surface area contributed by atoms with E-state index in [9.17, 15) is 4.79 Å². The lowest BCUT2D eigenvalue weighted by Gasteiger charge is -2.36. The first kappa shape index (κ1) is 23.0. The van der Waals surface area contributed by atoms with Crippen molar-refractivity contribution in [3.8, 4) is 5.75 Å². The Kier molecular flexibility index (Phi) is 6.45. The van der Waals surface area contributed by atoms with Crippen LogP contribution in [0.15, 0.2) is 73.1 Å². The molecule has 1 fully saturated rings. The Labute approximate surface area is 206 Å². The maximum atomic E-state index is 13.6. The van der Waals surface area contributed by atoms with Gasteiger partial charge in [-0.05, 0) is 60.9 Å². The number of carbonyl (C=O) groups is 1. The van der Waals surface area contributed by atoms with E-state index in [1.54, 1.807) is 7.11 Å². The summed E-state index contributed by atoms with van der Waals surface area (Å²) in [5.41, 5.74) is 6.67. The number of hydrogen-bond acceptors (Lipinski definition) is 4. The highest BCUT2D eigenvalue weighted by atomic mass is 16.5. The predicted molar refractivity (Wildman–Crippen MR) is 139 cm³/mol. The quantitative estimate of drug-likeness (QED) is 0.407. The van der Waals surface area contributed by atoms with Crippen molar-refractivity contribution in [1.29, 1.82) is 0 Å². The van der Waals surface area contributed by atoms with Crippen LogP contribution in [0.3, 0.4) is 0 Å². The molecule has 180 valence electrons. The fourth-order valence-corrected chi connectivity index (χ4v) is 5.09. The summed E-state index contributed by atoms with van der Waals surface area (Å²) in [5, 5.41) is 0. The lowest BCUT2D eigenvalue weighted by molar-refractivity contribution is -0.131. The van der Waals surface area contributed by atoms with E-state index >= 15 is 0 Å². The Morgan fingerprint density at radius 3 is 2.37 bits per heavy atom. The molecule has 3 heterocycles. The van der Waals surface area contributed by atoms with Crippen LogP contribution in [0, 0.1) is 13.8 Å². The van der Waals surface area contributed by atoms with E-state index in [2.05, 4.69) is 65.6 Å². The van der Waals surface area contributed by atoms with Gasteiger partial charge in [-0.15, -0.1) is 0 Å². The number of amides is 1. The van der Waals surface area contributed by atoms with Crippen LogP contribution >= 0.6 is 0 Å². The Balaban J connectivity index is 1.36. The second-order valence-corrected chi connectivity index (χ2v) is 9.25. The lowest BCUT2D eigenvalue weighted by atomic mass is 9.89. The van der Waals surface area contributed by atoms with Crippen molar-refractivity contribution in [2.75, 3.05) is 38.2 Å². The fraction of sp³-hybridized carbons (Fsp3) is 0.310. The molecule has 0 radical (unpaired) electrons. The minimum Gasteiger partial charge on any atom is -0.497 e. The molecule has 0 bridgehead atoms. The average Bonchev–Trinajstić information content (AvgIpc) is 3.33. The third-order valence-electron chi connectivity index (χ3n) is 7.13. The Morgan fingerprint density at radius 2 is 1.66 bits per heavy atom. The van der Waals surface area contributed by atoms with Gasteiger partial charge in [-0.25, -0.2) is 4.98 Å². The SMILES string of the molecule is COc1ccc(N2CCN(C(=O)CC(c3ccccc3C)c3cnc4c(C)cccn34)CC2)cc1. The zero-order valence-electron chi connectivity index (χ0n) is 20.6. The van der Waals surface area contributed by atoms with Gasteiger partial charge >= 0.3 is 0 Å². The molecule has 0 N–H and O–H groups in total. The molecule has 2 aromatic carbocycles. The molecule has 5 rings (SSSR count). The molecular weight excluding hydrogens is 436 g/mol. The van der Waals surface area contributed by atoms with Gasteiger partial charge in [0.15, 0.2) is 0 Å². The summed E-state index contributed by atoms with van der Waals surface area (Å²) in [6, 6.07) is 20.6. The number of pyridine rings is 1. The number of aryl methyl sites for hydroxylation is 2. The molecule has 0 spiro atoms. The number of ether oxygens (including phenoxy) is 1. The Morgan fingerprint density at radius 1 is 0.943 bits per heavy atom. The maximum Gasteiger partial charge on any atom is 0.223 e. The van der Waals surface area contributed by atoms with Crippen molar-refractivity contribution in [2.24, 2.45) is 0 Å². The van der Waals surface area contributed by atoms with Gasteiger partial charge in [0.25, 0.3) is 0 Å². The minimum absolute atomic E-state index is 0.0554. The maximum absolute atomic E-state index is 13.6. The standard InChI is InChI=1S/C29H32N4O2/c1-21-7-4-5-9-25(21)26(27-20-30-29-22(2)8-6-14-33(27)29)19-28(34)32-17-15-31(16-18-32)23-10-12-24(35-3)13-11-23/h4-14,20,26H,15-19H2,1-3H3. The van der Waals surface area contributed by atoms with Crippen LogP contribution in [0.5, 0.6) is 5.75 Å². The van der Waals surface area contributed by atoms with Crippen LogP contribution in [0.4, 0.5) is 5.69 Å². The molecular formula is C29H32N4O2. The number of imidazole rings is 1. The summed E-state index contributed by atoms with van der Waals surface area (Å²) in [6.07, 6.45) is 4.41. The van der Waals surface area contributed by atoms with Crippen molar-refractivity contribution in [3.63, 3.8) is 0 Å². The van der Waals surface area contributed by atoms with E-state index in [0.29, 0.717) is 6.42 Å². The highest BCUT2D eigenvalue weighted by molar-refractivity contribution is 5.78. The largest absolute Gasteiger partial charge is 0.497 e. The predicted octanol–water partition coefficient (Wildman–Crippen LogP) is 4.83. The number of fused-ring (bicyclic) bond motifs is 1. The van der Waals surface area contributed by atoms with Crippen LogP contribution in [-0.2, 0) is 4.79 Å². The molecule has 1 aliphatic rings. The van der Waals surface area contributed by atoms with Crippen LogP contribution < -0.4 is 9.64 Å². The second-order valence-electron chi connectivity index (χ2n) is 9.25. The summed E-state index contributed by atoms with van der Waals surface area (Å²) in [4.78, 5) is 22.6. The van der Waals surface area contributed by atoms with Gasteiger partial charge < -0.3 is 18.9 Å². The molecule has 6 nitrogen and oxygen atoms in total. The first-order valence-corrected chi connectivity index (χ1v) is 12.2. The van der Waals surface area contributed by atoms with Crippen molar-refractivity contribution in [1.82, 2.24) is 14.3 Å². The van der Waals surface area contributed by atoms with E-state index < -0.39 is 0 Å².